The Hall–Kier alpha value is -3.05. The van der Waals surface area contributed by atoms with Gasteiger partial charge in [-0.05, 0) is 47.9 Å². The first-order valence-corrected chi connectivity index (χ1v) is 11.0. The molecule has 0 saturated carbocycles. The molecule has 0 unspecified atom stereocenters. The van der Waals surface area contributed by atoms with Gasteiger partial charge in [-0.3, -0.25) is 9.59 Å². The van der Waals surface area contributed by atoms with Crippen molar-refractivity contribution in [2.75, 3.05) is 18.1 Å². The number of amides is 2. The van der Waals surface area contributed by atoms with E-state index in [0.717, 1.165) is 17.0 Å². The van der Waals surface area contributed by atoms with Crippen LogP contribution >= 0.6 is 11.8 Å². The number of aryl methyl sites for hydroxylation is 1. The highest BCUT2D eigenvalue weighted by molar-refractivity contribution is 7.99. The molecule has 4 nitrogen and oxygen atoms in total. The molecule has 3 rings (SSSR count). The zero-order valence-corrected chi connectivity index (χ0v) is 18.1. The summed E-state index contributed by atoms with van der Waals surface area (Å²) in [6.07, 6.45) is 0. The van der Waals surface area contributed by atoms with Crippen LogP contribution in [0.1, 0.15) is 27.0 Å². The summed E-state index contributed by atoms with van der Waals surface area (Å²) in [7, 11) is 1.84. The lowest BCUT2D eigenvalue weighted by Crippen LogP contribution is -2.28. The van der Waals surface area contributed by atoms with Gasteiger partial charge < -0.3 is 10.2 Å². The van der Waals surface area contributed by atoms with Crippen molar-refractivity contribution in [1.82, 2.24) is 4.90 Å². The Morgan fingerprint density at radius 3 is 2.27 bits per heavy atom. The fourth-order valence-corrected chi connectivity index (χ4v) is 3.90. The third-order valence-electron chi connectivity index (χ3n) is 4.84. The minimum atomic E-state index is -0.131. The summed E-state index contributed by atoms with van der Waals surface area (Å²) in [6.45, 7) is 2.68. The quantitative estimate of drug-likeness (QED) is 0.551. The molecule has 0 atom stereocenters. The maximum atomic E-state index is 12.4. The van der Waals surface area contributed by atoms with E-state index < -0.39 is 0 Å². The van der Waals surface area contributed by atoms with E-state index >= 15 is 0 Å². The summed E-state index contributed by atoms with van der Waals surface area (Å²) < 4.78 is 0. The first-order chi connectivity index (χ1) is 14.5. The van der Waals surface area contributed by atoms with Crippen molar-refractivity contribution in [1.29, 1.82) is 0 Å². The largest absolute Gasteiger partial charge is 0.341 e. The van der Waals surface area contributed by atoms with Crippen LogP contribution in [0.4, 0.5) is 5.69 Å². The second-order valence-corrected chi connectivity index (χ2v) is 8.17. The molecule has 5 heteroatoms. The van der Waals surface area contributed by atoms with Crippen LogP contribution in [-0.4, -0.2) is 29.5 Å². The van der Waals surface area contributed by atoms with Gasteiger partial charge in [0.25, 0.3) is 5.91 Å². The number of rotatable bonds is 8. The zero-order chi connectivity index (χ0) is 21.3. The molecular weight excluding hydrogens is 392 g/mol. The Balaban J connectivity index is 1.45. The molecule has 0 bridgehead atoms. The number of para-hydroxylation sites is 1. The molecule has 30 heavy (non-hydrogen) atoms. The molecule has 0 saturated heterocycles. The highest BCUT2D eigenvalue weighted by Crippen LogP contribution is 2.16. The average Bonchev–Trinajstić information content (AvgIpc) is 2.76. The molecule has 3 aromatic rings. The van der Waals surface area contributed by atoms with Crippen molar-refractivity contribution in [2.45, 2.75) is 19.2 Å². The molecule has 0 heterocycles. The number of carbonyl (C=O) groups excluding carboxylic acids is 2. The van der Waals surface area contributed by atoms with Gasteiger partial charge in [-0.1, -0.05) is 54.6 Å². The minimum absolute atomic E-state index is 0.113. The second kappa shape index (κ2) is 10.6. The molecular formula is C25H26N2O2S. The van der Waals surface area contributed by atoms with Gasteiger partial charge in [0, 0.05) is 30.6 Å². The molecule has 1 N–H and O–H groups in total. The third-order valence-corrected chi connectivity index (χ3v) is 5.83. The van der Waals surface area contributed by atoms with Crippen molar-refractivity contribution in [2.24, 2.45) is 0 Å². The van der Waals surface area contributed by atoms with Crippen LogP contribution in [0.2, 0.25) is 0 Å². The third kappa shape index (κ3) is 6.22. The van der Waals surface area contributed by atoms with Crippen molar-refractivity contribution in [3.05, 3.63) is 101 Å². The van der Waals surface area contributed by atoms with E-state index in [2.05, 4.69) is 24.4 Å². The van der Waals surface area contributed by atoms with Crippen molar-refractivity contribution in [3.8, 4) is 0 Å². The lowest BCUT2D eigenvalue weighted by molar-refractivity contribution is -0.127. The van der Waals surface area contributed by atoms with Gasteiger partial charge in [-0.25, -0.2) is 0 Å². The number of anilines is 1. The molecule has 2 amide bonds. The Bertz CT molecular complexity index is 988. The number of carbonyl (C=O) groups is 2. The van der Waals surface area contributed by atoms with Crippen LogP contribution in [0.5, 0.6) is 0 Å². The summed E-state index contributed by atoms with van der Waals surface area (Å²) in [4.78, 5) is 26.5. The summed E-state index contributed by atoms with van der Waals surface area (Å²) in [6, 6.07) is 25.0. The van der Waals surface area contributed by atoms with Crippen LogP contribution in [0, 0.1) is 6.92 Å². The van der Waals surface area contributed by atoms with E-state index in [4.69, 9.17) is 0 Å². The number of nitrogens with one attached hydrogen (secondary N) is 1. The Kier molecular flexibility index (Phi) is 7.69. The van der Waals surface area contributed by atoms with Gasteiger partial charge >= 0.3 is 0 Å². The summed E-state index contributed by atoms with van der Waals surface area (Å²) in [5, 5.41) is 2.88. The lowest BCUT2D eigenvalue weighted by Gasteiger charge is -2.18. The normalized spacial score (nSPS) is 10.5. The average molecular weight is 419 g/mol. The highest BCUT2D eigenvalue weighted by atomic mass is 32.2. The molecule has 0 spiro atoms. The van der Waals surface area contributed by atoms with Crippen molar-refractivity contribution in [3.63, 3.8) is 0 Å². The second-order valence-electron chi connectivity index (χ2n) is 7.19. The first-order valence-electron chi connectivity index (χ1n) is 9.84. The zero-order valence-electron chi connectivity index (χ0n) is 17.3. The van der Waals surface area contributed by atoms with Gasteiger partial charge in [0.1, 0.15) is 0 Å². The number of hydrogen-bond acceptors (Lipinski definition) is 3. The Labute approximate surface area is 182 Å². The monoisotopic (exact) mass is 418 g/mol. The van der Waals surface area contributed by atoms with E-state index in [1.54, 1.807) is 16.7 Å². The van der Waals surface area contributed by atoms with Crippen LogP contribution in [0.15, 0.2) is 78.9 Å². The lowest BCUT2D eigenvalue weighted by atomic mass is 10.1. The summed E-state index contributed by atoms with van der Waals surface area (Å²) in [5.74, 6) is 1.14. The van der Waals surface area contributed by atoms with Crippen LogP contribution < -0.4 is 5.32 Å². The Morgan fingerprint density at radius 1 is 0.900 bits per heavy atom. The summed E-state index contributed by atoms with van der Waals surface area (Å²) >= 11 is 1.58. The number of benzene rings is 3. The van der Waals surface area contributed by atoms with Gasteiger partial charge in [-0.2, -0.15) is 0 Å². The molecule has 0 aliphatic rings. The minimum Gasteiger partial charge on any atom is -0.341 e. The number of hydrogen-bond donors (Lipinski definition) is 1. The standard InChI is InChI=1S/C25H26N2O2S/c1-19-8-6-7-9-22(19)16-27(2)24(28)18-30-17-20-12-14-21(15-13-20)25(29)26-23-10-4-3-5-11-23/h3-15H,16-18H2,1-2H3,(H,26,29). The van der Waals surface area contributed by atoms with Gasteiger partial charge in [-0.15, -0.1) is 11.8 Å². The Morgan fingerprint density at radius 2 is 1.57 bits per heavy atom. The number of nitrogens with zero attached hydrogens (tertiary/aromatic N) is 1. The SMILES string of the molecule is Cc1ccccc1CN(C)C(=O)CSCc1ccc(C(=O)Nc2ccccc2)cc1. The predicted octanol–water partition coefficient (Wildman–Crippen LogP) is 5.14. The first kappa shape index (κ1) is 21.7. The smallest absolute Gasteiger partial charge is 0.255 e. The summed E-state index contributed by atoms with van der Waals surface area (Å²) in [5.41, 5.74) is 4.84. The van der Waals surface area contributed by atoms with E-state index in [0.29, 0.717) is 17.9 Å². The molecule has 3 aromatic carbocycles. The van der Waals surface area contributed by atoms with Crippen LogP contribution in [0.3, 0.4) is 0 Å². The number of thioether (sulfide) groups is 1. The van der Waals surface area contributed by atoms with Crippen LogP contribution in [0.25, 0.3) is 0 Å². The fraction of sp³-hybridized carbons (Fsp3) is 0.200. The van der Waals surface area contributed by atoms with Crippen molar-refractivity contribution < 1.29 is 9.59 Å². The van der Waals surface area contributed by atoms with Gasteiger partial charge in [0.15, 0.2) is 0 Å². The molecule has 0 aliphatic heterocycles. The predicted molar refractivity (Wildman–Crippen MR) is 125 cm³/mol. The molecule has 154 valence electrons. The molecule has 0 aliphatic carbocycles. The maximum absolute atomic E-state index is 12.4. The van der Waals surface area contributed by atoms with E-state index in [1.165, 1.54) is 11.1 Å². The van der Waals surface area contributed by atoms with Crippen molar-refractivity contribution >= 4 is 29.3 Å². The molecule has 0 aromatic heterocycles. The van der Waals surface area contributed by atoms with Gasteiger partial charge in [0.2, 0.25) is 5.91 Å². The van der Waals surface area contributed by atoms with Gasteiger partial charge in [0.05, 0.1) is 5.75 Å². The van der Waals surface area contributed by atoms with E-state index in [9.17, 15) is 9.59 Å². The van der Waals surface area contributed by atoms with E-state index in [1.807, 2.05) is 73.8 Å². The van der Waals surface area contributed by atoms with E-state index in [-0.39, 0.29) is 11.8 Å². The molecule has 0 fully saturated rings. The fourth-order valence-electron chi connectivity index (χ4n) is 2.97. The maximum Gasteiger partial charge on any atom is 0.255 e. The molecule has 0 radical (unpaired) electrons. The highest BCUT2D eigenvalue weighted by Gasteiger charge is 2.11. The topological polar surface area (TPSA) is 49.4 Å². The van der Waals surface area contributed by atoms with Crippen LogP contribution in [-0.2, 0) is 17.1 Å².